The predicted molar refractivity (Wildman–Crippen MR) is 70.3 cm³/mol. The van der Waals surface area contributed by atoms with Crippen LogP contribution in [0.5, 0.6) is 0 Å². The molecule has 0 aromatic carbocycles. The minimum Gasteiger partial charge on any atom is -0.301 e. The summed E-state index contributed by atoms with van der Waals surface area (Å²) in [5, 5.41) is 4.43. The van der Waals surface area contributed by atoms with E-state index in [1.165, 1.54) is 18.7 Å². The van der Waals surface area contributed by atoms with Crippen molar-refractivity contribution in [1.82, 2.24) is 19.6 Å². The second-order valence-corrected chi connectivity index (χ2v) is 5.02. The highest BCUT2D eigenvalue weighted by atomic mass is 35.5. The van der Waals surface area contributed by atoms with Crippen molar-refractivity contribution in [3.8, 4) is 0 Å². The van der Waals surface area contributed by atoms with Gasteiger partial charge in [-0.1, -0.05) is 0 Å². The number of alkyl halides is 1. The van der Waals surface area contributed by atoms with E-state index in [9.17, 15) is 0 Å². The van der Waals surface area contributed by atoms with Crippen LogP contribution in [-0.2, 0) is 13.6 Å². The summed E-state index contributed by atoms with van der Waals surface area (Å²) in [6.07, 6.45) is 3.23. The van der Waals surface area contributed by atoms with Gasteiger partial charge in [0.25, 0.3) is 0 Å². The normalized spacial score (nSPS) is 19.4. The van der Waals surface area contributed by atoms with Crippen molar-refractivity contribution >= 4 is 11.6 Å². The first-order valence-corrected chi connectivity index (χ1v) is 6.80. The van der Waals surface area contributed by atoms with Crippen molar-refractivity contribution < 1.29 is 0 Å². The lowest BCUT2D eigenvalue weighted by molar-refractivity contribution is 0.255. The van der Waals surface area contributed by atoms with Gasteiger partial charge in [-0.25, -0.2) is 0 Å². The van der Waals surface area contributed by atoms with Crippen molar-refractivity contribution in [3.63, 3.8) is 0 Å². The Labute approximate surface area is 108 Å². The Kier molecular flexibility index (Phi) is 4.83. The quantitative estimate of drug-likeness (QED) is 0.756. The molecular weight excluding hydrogens is 236 g/mol. The van der Waals surface area contributed by atoms with Crippen LogP contribution in [0.25, 0.3) is 0 Å². The summed E-state index contributed by atoms with van der Waals surface area (Å²) >= 11 is 5.79. The third-order valence-electron chi connectivity index (χ3n) is 3.24. The highest BCUT2D eigenvalue weighted by Gasteiger charge is 2.14. The van der Waals surface area contributed by atoms with Gasteiger partial charge in [-0.05, 0) is 25.6 Å². The topological polar surface area (TPSA) is 24.3 Å². The van der Waals surface area contributed by atoms with Crippen LogP contribution < -0.4 is 0 Å². The van der Waals surface area contributed by atoms with Crippen LogP contribution in [0.3, 0.4) is 0 Å². The fraction of sp³-hybridized carbons (Fsp3) is 0.750. The first kappa shape index (κ1) is 12.9. The van der Waals surface area contributed by atoms with Gasteiger partial charge in [0.15, 0.2) is 0 Å². The predicted octanol–water partition coefficient (Wildman–Crippen LogP) is 1.17. The van der Waals surface area contributed by atoms with Crippen LogP contribution in [-0.4, -0.2) is 58.2 Å². The van der Waals surface area contributed by atoms with Crippen molar-refractivity contribution in [3.05, 3.63) is 18.0 Å². The van der Waals surface area contributed by atoms with E-state index in [0.29, 0.717) is 0 Å². The highest BCUT2D eigenvalue weighted by Crippen LogP contribution is 2.07. The van der Waals surface area contributed by atoms with Crippen molar-refractivity contribution in [2.24, 2.45) is 7.05 Å². The molecule has 1 aliphatic heterocycles. The standard InChI is InChI=1S/C12H21ClN4/c1-15-7-3-12(14-15)11-17-6-2-5-16(8-4-13)9-10-17/h3,7H,2,4-6,8-11H2,1H3. The average molecular weight is 257 g/mol. The van der Waals surface area contributed by atoms with Gasteiger partial charge in [-0.2, -0.15) is 5.10 Å². The van der Waals surface area contributed by atoms with Gasteiger partial charge in [0.2, 0.25) is 0 Å². The molecule has 1 aromatic rings. The number of rotatable bonds is 4. The van der Waals surface area contributed by atoms with Gasteiger partial charge in [0, 0.05) is 45.3 Å². The maximum atomic E-state index is 5.79. The molecule has 0 unspecified atom stereocenters. The van der Waals surface area contributed by atoms with Gasteiger partial charge < -0.3 is 4.90 Å². The molecule has 1 aromatic heterocycles. The molecule has 0 spiro atoms. The lowest BCUT2D eigenvalue weighted by Crippen LogP contribution is -2.31. The van der Waals surface area contributed by atoms with Gasteiger partial charge >= 0.3 is 0 Å². The van der Waals surface area contributed by atoms with E-state index in [4.69, 9.17) is 11.6 Å². The minimum atomic E-state index is 0.736. The molecule has 17 heavy (non-hydrogen) atoms. The summed E-state index contributed by atoms with van der Waals surface area (Å²) in [4.78, 5) is 4.93. The van der Waals surface area contributed by atoms with Crippen LogP contribution in [0.15, 0.2) is 12.3 Å². The number of hydrogen-bond donors (Lipinski definition) is 0. The molecule has 1 fully saturated rings. The first-order valence-electron chi connectivity index (χ1n) is 6.27. The van der Waals surface area contributed by atoms with Crippen molar-refractivity contribution in [1.29, 1.82) is 0 Å². The number of aryl methyl sites for hydroxylation is 1. The van der Waals surface area contributed by atoms with E-state index >= 15 is 0 Å². The molecule has 5 heteroatoms. The molecule has 1 saturated heterocycles. The molecular formula is C12H21ClN4. The molecule has 2 rings (SSSR count). The van der Waals surface area contributed by atoms with E-state index < -0.39 is 0 Å². The van der Waals surface area contributed by atoms with E-state index in [1.807, 2.05) is 17.9 Å². The Hall–Kier alpha value is -0.580. The molecule has 0 amide bonds. The summed E-state index contributed by atoms with van der Waals surface area (Å²) in [5.74, 6) is 0.736. The maximum absolute atomic E-state index is 5.79. The second-order valence-electron chi connectivity index (χ2n) is 4.64. The first-order chi connectivity index (χ1) is 8.28. The molecule has 4 nitrogen and oxygen atoms in total. The zero-order valence-electron chi connectivity index (χ0n) is 10.5. The van der Waals surface area contributed by atoms with E-state index in [-0.39, 0.29) is 0 Å². The number of halogens is 1. The van der Waals surface area contributed by atoms with E-state index in [0.717, 1.165) is 38.6 Å². The lowest BCUT2D eigenvalue weighted by Gasteiger charge is -2.20. The summed E-state index contributed by atoms with van der Waals surface area (Å²) in [7, 11) is 1.97. The number of hydrogen-bond acceptors (Lipinski definition) is 3. The second kappa shape index (κ2) is 6.38. The maximum Gasteiger partial charge on any atom is 0.0764 e. The van der Waals surface area contributed by atoms with Crippen LogP contribution in [0, 0.1) is 0 Å². The Morgan fingerprint density at radius 3 is 2.71 bits per heavy atom. The highest BCUT2D eigenvalue weighted by molar-refractivity contribution is 6.18. The molecule has 0 bridgehead atoms. The summed E-state index contributed by atoms with van der Waals surface area (Å²) < 4.78 is 1.87. The SMILES string of the molecule is Cn1ccc(CN2CCCN(CCCl)CC2)n1. The van der Waals surface area contributed by atoms with E-state index in [1.54, 1.807) is 0 Å². The average Bonchev–Trinajstić information content (AvgIpc) is 2.58. The molecule has 1 aliphatic rings. The molecule has 0 aliphatic carbocycles. The molecule has 96 valence electrons. The summed E-state index contributed by atoms with van der Waals surface area (Å²) in [6, 6.07) is 2.10. The van der Waals surface area contributed by atoms with Crippen molar-refractivity contribution in [2.75, 3.05) is 38.6 Å². The number of nitrogens with zero attached hydrogens (tertiary/aromatic N) is 4. The zero-order valence-corrected chi connectivity index (χ0v) is 11.2. The molecule has 0 saturated carbocycles. The molecule has 0 atom stereocenters. The Morgan fingerprint density at radius 2 is 2.00 bits per heavy atom. The van der Waals surface area contributed by atoms with Crippen LogP contribution >= 0.6 is 11.6 Å². The summed E-state index contributed by atoms with van der Waals surface area (Å²) in [5.41, 5.74) is 1.17. The zero-order chi connectivity index (χ0) is 12.1. The Bertz CT molecular complexity index is 339. The van der Waals surface area contributed by atoms with Gasteiger partial charge in [0.05, 0.1) is 5.69 Å². The minimum absolute atomic E-state index is 0.736. The number of aromatic nitrogens is 2. The van der Waals surface area contributed by atoms with Gasteiger partial charge in [-0.15, -0.1) is 11.6 Å². The fourth-order valence-electron chi connectivity index (χ4n) is 2.30. The fourth-order valence-corrected chi connectivity index (χ4v) is 2.54. The van der Waals surface area contributed by atoms with Gasteiger partial charge in [-0.3, -0.25) is 9.58 Å². The molecule has 0 N–H and O–H groups in total. The van der Waals surface area contributed by atoms with Crippen LogP contribution in [0.4, 0.5) is 0 Å². The van der Waals surface area contributed by atoms with Crippen LogP contribution in [0.2, 0.25) is 0 Å². The van der Waals surface area contributed by atoms with Crippen molar-refractivity contribution in [2.45, 2.75) is 13.0 Å². The Balaban J connectivity index is 1.82. The molecule has 0 radical (unpaired) electrons. The van der Waals surface area contributed by atoms with Gasteiger partial charge in [0.1, 0.15) is 0 Å². The van der Waals surface area contributed by atoms with E-state index in [2.05, 4.69) is 21.0 Å². The monoisotopic (exact) mass is 256 g/mol. The third kappa shape index (κ3) is 3.98. The smallest absolute Gasteiger partial charge is 0.0764 e. The third-order valence-corrected chi connectivity index (χ3v) is 3.41. The largest absolute Gasteiger partial charge is 0.301 e. The lowest BCUT2D eigenvalue weighted by atomic mass is 10.3. The summed E-state index contributed by atoms with van der Waals surface area (Å²) in [6.45, 7) is 6.56. The van der Waals surface area contributed by atoms with Crippen LogP contribution in [0.1, 0.15) is 12.1 Å². The Morgan fingerprint density at radius 1 is 1.24 bits per heavy atom. The molecule has 2 heterocycles.